The van der Waals surface area contributed by atoms with Crippen LogP contribution in [-0.2, 0) is 6.61 Å². The Morgan fingerprint density at radius 3 is 3.20 bits per heavy atom. The maximum Gasteiger partial charge on any atom is 0.186 e. The van der Waals surface area contributed by atoms with Gasteiger partial charge in [-0.3, -0.25) is 0 Å². The number of methoxy groups -OCH3 is 1. The van der Waals surface area contributed by atoms with Crippen molar-refractivity contribution in [2.75, 3.05) is 7.11 Å². The predicted octanol–water partition coefficient (Wildman–Crippen LogP) is 0.587. The Balaban J connectivity index is 1.98. The first kappa shape index (κ1) is 9.45. The highest BCUT2D eigenvalue weighted by Gasteiger charge is 2.00. The second-order valence-electron chi connectivity index (χ2n) is 2.73. The van der Waals surface area contributed by atoms with Crippen LogP contribution >= 0.6 is 0 Å². The van der Waals surface area contributed by atoms with E-state index in [1.807, 2.05) is 0 Å². The van der Waals surface area contributed by atoms with Crippen molar-refractivity contribution in [3.63, 3.8) is 0 Å². The van der Waals surface area contributed by atoms with Crippen LogP contribution in [-0.4, -0.2) is 27.7 Å². The monoisotopic (exact) mass is 205 g/mol. The Kier molecular flexibility index (Phi) is 2.77. The lowest BCUT2D eigenvalue weighted by atomic mass is 10.3. The summed E-state index contributed by atoms with van der Waals surface area (Å²) in [6, 6.07) is 8.18. The minimum atomic E-state index is 0.274. The number of ether oxygens (including phenoxy) is 2. The molecule has 6 heteroatoms. The van der Waals surface area contributed by atoms with E-state index >= 15 is 0 Å². The molecule has 1 radical (unpaired) electrons. The topological polar surface area (TPSA) is 72.9 Å². The van der Waals surface area contributed by atoms with Crippen molar-refractivity contribution in [3.05, 3.63) is 30.1 Å². The van der Waals surface area contributed by atoms with Crippen LogP contribution in [0, 0.1) is 6.07 Å². The number of nitrogens with zero attached hydrogens (tertiary/aromatic N) is 3. The number of aromatic amines is 1. The molecule has 1 N–H and O–H groups in total. The predicted molar refractivity (Wildman–Crippen MR) is 50.3 cm³/mol. The average Bonchev–Trinajstić information content (AvgIpc) is 2.79. The summed E-state index contributed by atoms with van der Waals surface area (Å²) in [7, 11) is 1.60. The van der Waals surface area contributed by atoms with E-state index in [1.165, 1.54) is 0 Å². The Morgan fingerprint density at radius 2 is 2.47 bits per heavy atom. The van der Waals surface area contributed by atoms with E-state index in [2.05, 4.69) is 26.7 Å². The Hall–Kier alpha value is -2.11. The molecule has 2 rings (SSSR count). The van der Waals surface area contributed by atoms with Gasteiger partial charge in [0.1, 0.15) is 18.1 Å². The van der Waals surface area contributed by atoms with Gasteiger partial charge in [0.2, 0.25) is 0 Å². The molecule has 0 amide bonds. The van der Waals surface area contributed by atoms with Crippen molar-refractivity contribution >= 4 is 0 Å². The Bertz CT molecular complexity index is 416. The zero-order valence-corrected chi connectivity index (χ0v) is 8.10. The van der Waals surface area contributed by atoms with Gasteiger partial charge in [0.05, 0.1) is 7.11 Å². The zero-order chi connectivity index (χ0) is 10.5. The molecule has 0 spiro atoms. The van der Waals surface area contributed by atoms with Crippen molar-refractivity contribution < 1.29 is 9.47 Å². The molecule has 0 aliphatic rings. The molecular weight excluding hydrogens is 196 g/mol. The van der Waals surface area contributed by atoms with E-state index < -0.39 is 0 Å². The first-order valence-electron chi connectivity index (χ1n) is 4.29. The van der Waals surface area contributed by atoms with Gasteiger partial charge in [0, 0.05) is 12.1 Å². The lowest BCUT2D eigenvalue weighted by molar-refractivity contribution is 0.293. The summed E-state index contributed by atoms with van der Waals surface area (Å²) in [5.74, 6) is 1.87. The van der Waals surface area contributed by atoms with Gasteiger partial charge < -0.3 is 9.47 Å². The van der Waals surface area contributed by atoms with Gasteiger partial charge in [-0.1, -0.05) is 0 Å². The van der Waals surface area contributed by atoms with E-state index in [9.17, 15) is 0 Å². The molecule has 0 saturated heterocycles. The van der Waals surface area contributed by atoms with Gasteiger partial charge in [-0.15, -0.1) is 5.10 Å². The minimum Gasteiger partial charge on any atom is -0.497 e. The number of nitrogens with one attached hydrogen (secondary N) is 1. The maximum absolute atomic E-state index is 5.38. The lowest BCUT2D eigenvalue weighted by Crippen LogP contribution is -1.98. The van der Waals surface area contributed by atoms with Crippen LogP contribution < -0.4 is 9.47 Å². The Labute approximate surface area is 86.2 Å². The molecule has 6 nitrogen and oxygen atoms in total. The molecule has 15 heavy (non-hydrogen) atoms. The summed E-state index contributed by atoms with van der Waals surface area (Å²) in [5, 5.41) is 13.1. The molecule has 2 aromatic rings. The standard InChI is InChI=1S/C9H9N4O2/c1-14-7-3-2-4-8(5-7)15-6-9-10-12-13-11-9/h2-3,5H,6H2,1H3,(H,10,11,12,13). The summed E-state index contributed by atoms with van der Waals surface area (Å²) in [4.78, 5) is 0. The zero-order valence-electron chi connectivity index (χ0n) is 8.10. The van der Waals surface area contributed by atoms with Crippen molar-refractivity contribution in [1.82, 2.24) is 20.6 Å². The van der Waals surface area contributed by atoms with E-state index in [-0.39, 0.29) is 6.61 Å². The van der Waals surface area contributed by atoms with E-state index in [0.717, 1.165) is 5.75 Å². The molecule has 0 fully saturated rings. The smallest absolute Gasteiger partial charge is 0.186 e. The number of tetrazole rings is 1. The molecule has 0 unspecified atom stereocenters. The van der Waals surface area contributed by atoms with Crippen LogP contribution in [0.4, 0.5) is 0 Å². The van der Waals surface area contributed by atoms with Gasteiger partial charge >= 0.3 is 0 Å². The molecule has 0 aliphatic carbocycles. The number of rotatable bonds is 4. The minimum absolute atomic E-state index is 0.274. The van der Waals surface area contributed by atoms with E-state index in [4.69, 9.17) is 9.47 Å². The molecule has 0 aliphatic heterocycles. The van der Waals surface area contributed by atoms with Crippen LogP contribution in [0.15, 0.2) is 18.2 Å². The van der Waals surface area contributed by atoms with Crippen molar-refractivity contribution in [2.45, 2.75) is 6.61 Å². The summed E-state index contributed by atoms with van der Waals surface area (Å²) >= 11 is 0. The number of hydrogen-bond donors (Lipinski definition) is 1. The average molecular weight is 205 g/mol. The fourth-order valence-corrected chi connectivity index (χ4v) is 1.02. The maximum atomic E-state index is 5.38. The second-order valence-corrected chi connectivity index (χ2v) is 2.73. The van der Waals surface area contributed by atoms with Crippen molar-refractivity contribution in [2.24, 2.45) is 0 Å². The largest absolute Gasteiger partial charge is 0.497 e. The molecule has 1 aromatic carbocycles. The van der Waals surface area contributed by atoms with E-state index in [0.29, 0.717) is 11.6 Å². The molecule has 0 saturated carbocycles. The van der Waals surface area contributed by atoms with Gasteiger partial charge in [0.15, 0.2) is 5.82 Å². The summed E-state index contributed by atoms with van der Waals surface area (Å²) < 4.78 is 10.4. The van der Waals surface area contributed by atoms with Gasteiger partial charge in [0.25, 0.3) is 0 Å². The van der Waals surface area contributed by atoms with Crippen LogP contribution in [0.5, 0.6) is 11.5 Å². The highest BCUT2D eigenvalue weighted by atomic mass is 16.5. The highest BCUT2D eigenvalue weighted by molar-refractivity contribution is 5.31. The number of H-pyrrole nitrogens is 1. The molecule has 0 atom stereocenters. The number of aromatic nitrogens is 4. The van der Waals surface area contributed by atoms with Gasteiger partial charge in [-0.25, -0.2) is 5.10 Å². The summed E-state index contributed by atoms with van der Waals surface area (Å²) in [6.07, 6.45) is 0. The van der Waals surface area contributed by atoms with Crippen LogP contribution in [0.3, 0.4) is 0 Å². The lowest BCUT2D eigenvalue weighted by Gasteiger charge is -2.04. The summed E-state index contributed by atoms with van der Waals surface area (Å²) in [6.45, 7) is 0.274. The molecule has 0 bridgehead atoms. The van der Waals surface area contributed by atoms with Crippen molar-refractivity contribution in [1.29, 1.82) is 0 Å². The summed E-state index contributed by atoms with van der Waals surface area (Å²) in [5.41, 5.74) is 0. The second kappa shape index (κ2) is 4.41. The van der Waals surface area contributed by atoms with Gasteiger partial charge in [-0.05, 0) is 22.6 Å². The third-order valence-corrected chi connectivity index (χ3v) is 1.74. The molecule has 1 aromatic heterocycles. The molecule has 1 heterocycles. The van der Waals surface area contributed by atoms with Gasteiger partial charge in [-0.2, -0.15) is 0 Å². The molecule has 77 valence electrons. The van der Waals surface area contributed by atoms with Crippen LogP contribution in [0.2, 0.25) is 0 Å². The normalized spacial score (nSPS) is 9.93. The highest BCUT2D eigenvalue weighted by Crippen LogP contribution is 2.18. The SMILES string of the molecule is COc1cc[c]c(OCc2nnn[nH]2)c1. The third kappa shape index (κ3) is 2.43. The van der Waals surface area contributed by atoms with E-state index in [1.54, 1.807) is 25.3 Å². The Morgan fingerprint density at radius 1 is 1.53 bits per heavy atom. The number of hydrogen-bond acceptors (Lipinski definition) is 5. The fourth-order valence-electron chi connectivity index (χ4n) is 1.02. The van der Waals surface area contributed by atoms with Crippen LogP contribution in [0.1, 0.15) is 5.82 Å². The number of benzene rings is 1. The fraction of sp³-hybridized carbons (Fsp3) is 0.222. The first-order chi connectivity index (χ1) is 7.38. The third-order valence-electron chi connectivity index (χ3n) is 1.74. The quantitative estimate of drug-likeness (QED) is 0.790. The van der Waals surface area contributed by atoms with Crippen molar-refractivity contribution in [3.8, 4) is 11.5 Å². The van der Waals surface area contributed by atoms with Crippen LogP contribution in [0.25, 0.3) is 0 Å². The first-order valence-corrected chi connectivity index (χ1v) is 4.29. The molecular formula is C9H9N4O2.